The predicted octanol–water partition coefficient (Wildman–Crippen LogP) is 8.68. The molecular formula is C33H32. The molecule has 164 valence electrons. The fourth-order valence-electron chi connectivity index (χ4n) is 5.72. The van der Waals surface area contributed by atoms with E-state index in [2.05, 4.69) is 131 Å². The third-order valence-corrected chi connectivity index (χ3v) is 7.66. The molecular weight excluding hydrogens is 396 g/mol. The van der Waals surface area contributed by atoms with Gasteiger partial charge in [0.2, 0.25) is 0 Å². The monoisotopic (exact) mass is 428 g/mol. The van der Waals surface area contributed by atoms with Gasteiger partial charge in [-0.3, -0.25) is 0 Å². The summed E-state index contributed by atoms with van der Waals surface area (Å²) in [7, 11) is 0. The van der Waals surface area contributed by atoms with E-state index in [1.54, 1.807) is 0 Å². The van der Waals surface area contributed by atoms with E-state index >= 15 is 0 Å². The fraction of sp³-hybridized carbons (Fsp3) is 0.212. The molecule has 0 heteroatoms. The molecule has 0 heterocycles. The second-order valence-corrected chi connectivity index (χ2v) is 9.41. The van der Waals surface area contributed by atoms with Crippen molar-refractivity contribution in [3.05, 3.63) is 148 Å². The van der Waals surface area contributed by atoms with Crippen LogP contribution in [-0.4, -0.2) is 0 Å². The highest BCUT2D eigenvalue weighted by atomic mass is 14.5. The standard InChI is InChI=1S/C33H32/c1-5-23(2)26-20-21-31-30(22-26)32(29-19-13-12-14-24(29)3)25(4)33(31,27-15-8-6-9-16-27)28-17-10-7-11-18-28/h6-23H,5H2,1-4H3. The van der Waals surface area contributed by atoms with E-state index < -0.39 is 0 Å². The molecule has 4 aromatic rings. The SMILES string of the molecule is CCC(C)c1ccc2c(c1)C(c1ccccc1C)=C(C)C2(c1ccccc1)c1ccccc1. The molecule has 0 N–H and O–H groups in total. The zero-order chi connectivity index (χ0) is 23.0. The van der Waals surface area contributed by atoms with Crippen LogP contribution in [-0.2, 0) is 5.41 Å². The third-order valence-electron chi connectivity index (χ3n) is 7.66. The Morgan fingerprint density at radius 1 is 0.667 bits per heavy atom. The highest BCUT2D eigenvalue weighted by Crippen LogP contribution is 2.56. The highest BCUT2D eigenvalue weighted by molar-refractivity contribution is 5.93. The Morgan fingerprint density at radius 2 is 1.24 bits per heavy atom. The van der Waals surface area contributed by atoms with Gasteiger partial charge < -0.3 is 0 Å². The lowest BCUT2D eigenvalue weighted by Crippen LogP contribution is -2.29. The van der Waals surface area contributed by atoms with Gasteiger partial charge in [0.05, 0.1) is 5.41 Å². The van der Waals surface area contributed by atoms with E-state index in [0.717, 1.165) is 6.42 Å². The van der Waals surface area contributed by atoms with E-state index in [0.29, 0.717) is 5.92 Å². The molecule has 1 unspecified atom stereocenters. The molecule has 1 aliphatic carbocycles. The van der Waals surface area contributed by atoms with Gasteiger partial charge in [0.1, 0.15) is 0 Å². The molecule has 5 rings (SSSR count). The first kappa shape index (κ1) is 21.5. The van der Waals surface area contributed by atoms with E-state index in [-0.39, 0.29) is 5.41 Å². The number of hydrogen-bond donors (Lipinski definition) is 0. The average Bonchev–Trinajstić information content (AvgIpc) is 3.13. The molecule has 0 saturated heterocycles. The van der Waals surface area contributed by atoms with Gasteiger partial charge in [-0.2, -0.15) is 0 Å². The molecule has 33 heavy (non-hydrogen) atoms. The van der Waals surface area contributed by atoms with Gasteiger partial charge in [-0.05, 0) is 76.3 Å². The smallest absolute Gasteiger partial charge is 0.0648 e. The minimum atomic E-state index is -0.302. The van der Waals surface area contributed by atoms with E-state index in [9.17, 15) is 0 Å². The molecule has 0 fully saturated rings. The normalized spacial score (nSPS) is 15.4. The highest BCUT2D eigenvalue weighted by Gasteiger charge is 2.46. The molecule has 4 aromatic carbocycles. The van der Waals surface area contributed by atoms with Gasteiger partial charge in [-0.15, -0.1) is 0 Å². The summed E-state index contributed by atoms with van der Waals surface area (Å²) >= 11 is 0. The van der Waals surface area contributed by atoms with Gasteiger partial charge >= 0.3 is 0 Å². The zero-order valence-corrected chi connectivity index (χ0v) is 20.1. The first-order valence-corrected chi connectivity index (χ1v) is 12.1. The van der Waals surface area contributed by atoms with E-state index in [1.807, 2.05) is 0 Å². The number of benzene rings is 4. The van der Waals surface area contributed by atoms with Crippen LogP contribution in [0.25, 0.3) is 5.57 Å². The Balaban J connectivity index is 1.93. The second-order valence-electron chi connectivity index (χ2n) is 9.41. The predicted molar refractivity (Wildman–Crippen MR) is 141 cm³/mol. The summed E-state index contributed by atoms with van der Waals surface area (Å²) in [5.41, 5.74) is 12.0. The van der Waals surface area contributed by atoms with Gasteiger partial charge in [0.15, 0.2) is 0 Å². The molecule has 0 bridgehead atoms. The Labute approximate surface area is 198 Å². The molecule has 1 aliphatic rings. The molecule has 0 aliphatic heterocycles. The summed E-state index contributed by atoms with van der Waals surface area (Å²) in [6.45, 7) is 9.20. The van der Waals surface area contributed by atoms with Gasteiger partial charge in [0, 0.05) is 0 Å². The zero-order valence-electron chi connectivity index (χ0n) is 20.1. The van der Waals surface area contributed by atoms with Crippen LogP contribution in [0.15, 0.2) is 109 Å². The number of fused-ring (bicyclic) bond motifs is 1. The van der Waals surface area contributed by atoms with E-state index in [4.69, 9.17) is 0 Å². The Morgan fingerprint density at radius 3 is 1.82 bits per heavy atom. The summed E-state index contributed by atoms with van der Waals surface area (Å²) in [6, 6.07) is 38.2. The fourth-order valence-corrected chi connectivity index (χ4v) is 5.72. The number of aryl methyl sites for hydroxylation is 1. The maximum atomic E-state index is 2.47. The van der Waals surface area contributed by atoms with Crippen molar-refractivity contribution in [2.24, 2.45) is 0 Å². The van der Waals surface area contributed by atoms with Crippen molar-refractivity contribution in [1.82, 2.24) is 0 Å². The van der Waals surface area contributed by atoms with Crippen LogP contribution in [0.2, 0.25) is 0 Å². The van der Waals surface area contributed by atoms with Crippen molar-refractivity contribution in [2.45, 2.75) is 45.4 Å². The molecule has 0 aromatic heterocycles. The Hall–Kier alpha value is -3.38. The van der Waals surface area contributed by atoms with Crippen LogP contribution in [0.1, 0.15) is 72.1 Å². The lowest BCUT2D eigenvalue weighted by molar-refractivity contribution is 0.724. The molecule has 0 radical (unpaired) electrons. The van der Waals surface area contributed by atoms with Crippen molar-refractivity contribution in [3.63, 3.8) is 0 Å². The summed E-state index contributed by atoms with van der Waals surface area (Å²) < 4.78 is 0. The number of rotatable bonds is 5. The maximum absolute atomic E-state index is 2.47. The lowest BCUT2D eigenvalue weighted by atomic mass is 9.67. The molecule has 0 saturated carbocycles. The minimum Gasteiger partial charge on any atom is -0.0648 e. The Bertz CT molecular complexity index is 1270. The second kappa shape index (κ2) is 8.52. The van der Waals surface area contributed by atoms with Gasteiger partial charge in [-0.25, -0.2) is 0 Å². The average molecular weight is 429 g/mol. The topological polar surface area (TPSA) is 0 Å². The van der Waals surface area contributed by atoms with E-state index in [1.165, 1.54) is 50.1 Å². The summed E-state index contributed by atoms with van der Waals surface area (Å²) in [5.74, 6) is 0.539. The minimum absolute atomic E-state index is 0.302. The van der Waals surface area contributed by atoms with Crippen LogP contribution >= 0.6 is 0 Å². The molecule has 0 nitrogen and oxygen atoms in total. The maximum Gasteiger partial charge on any atom is 0.0674 e. The Kier molecular flexibility index (Phi) is 5.54. The largest absolute Gasteiger partial charge is 0.0674 e. The number of hydrogen-bond acceptors (Lipinski definition) is 0. The molecule has 0 spiro atoms. The van der Waals surface area contributed by atoms with Gasteiger partial charge in [0.25, 0.3) is 0 Å². The first-order valence-electron chi connectivity index (χ1n) is 12.1. The molecule has 1 atom stereocenters. The summed E-state index contributed by atoms with van der Waals surface area (Å²) in [5, 5.41) is 0. The lowest BCUT2D eigenvalue weighted by Gasteiger charge is -2.34. The van der Waals surface area contributed by atoms with Crippen molar-refractivity contribution >= 4 is 5.57 Å². The quantitative estimate of drug-likeness (QED) is 0.298. The van der Waals surface area contributed by atoms with Gasteiger partial charge in [-0.1, -0.05) is 117 Å². The van der Waals surface area contributed by atoms with Crippen LogP contribution in [0.4, 0.5) is 0 Å². The van der Waals surface area contributed by atoms with Crippen molar-refractivity contribution in [3.8, 4) is 0 Å². The summed E-state index contributed by atoms with van der Waals surface area (Å²) in [6.07, 6.45) is 1.14. The van der Waals surface area contributed by atoms with Crippen molar-refractivity contribution in [1.29, 1.82) is 0 Å². The van der Waals surface area contributed by atoms with Crippen LogP contribution in [0, 0.1) is 6.92 Å². The molecule has 0 amide bonds. The first-order chi connectivity index (χ1) is 16.1. The third kappa shape index (κ3) is 3.28. The van der Waals surface area contributed by atoms with Crippen molar-refractivity contribution in [2.75, 3.05) is 0 Å². The van der Waals surface area contributed by atoms with Crippen LogP contribution < -0.4 is 0 Å². The summed E-state index contributed by atoms with van der Waals surface area (Å²) in [4.78, 5) is 0. The number of allylic oxidation sites excluding steroid dienone is 1. The van der Waals surface area contributed by atoms with Crippen LogP contribution in [0.3, 0.4) is 0 Å². The van der Waals surface area contributed by atoms with Crippen LogP contribution in [0.5, 0.6) is 0 Å². The van der Waals surface area contributed by atoms with Crippen molar-refractivity contribution < 1.29 is 0 Å².